The average Bonchev–Trinajstić information content (AvgIpc) is 2.31. The minimum Gasteiger partial charge on any atom is -0.491 e. The first-order valence-electron chi connectivity index (χ1n) is 5.73. The summed E-state index contributed by atoms with van der Waals surface area (Å²) in [7, 11) is 0. The van der Waals surface area contributed by atoms with Crippen LogP contribution in [0.1, 0.15) is 25.5 Å². The van der Waals surface area contributed by atoms with E-state index in [1.165, 1.54) is 0 Å². The van der Waals surface area contributed by atoms with Crippen LogP contribution in [0.3, 0.4) is 0 Å². The van der Waals surface area contributed by atoms with Gasteiger partial charge in [-0.15, -0.1) is 0 Å². The molecule has 0 aliphatic rings. The number of rotatable bonds is 7. The fraction of sp³-hybridized carbons (Fsp3) is 0.500. The quantitative estimate of drug-likeness (QED) is 0.727. The van der Waals surface area contributed by atoms with Gasteiger partial charge in [0.1, 0.15) is 5.75 Å². The van der Waals surface area contributed by atoms with Crippen molar-refractivity contribution in [3.05, 3.63) is 24.0 Å². The highest BCUT2D eigenvalue weighted by atomic mass is 16.5. The van der Waals surface area contributed by atoms with Gasteiger partial charge >= 0.3 is 0 Å². The van der Waals surface area contributed by atoms with Gasteiger partial charge in [-0.2, -0.15) is 0 Å². The van der Waals surface area contributed by atoms with Crippen LogP contribution < -0.4 is 16.2 Å². The summed E-state index contributed by atoms with van der Waals surface area (Å²) in [6.07, 6.45) is 3.54. The Morgan fingerprint density at radius 3 is 2.82 bits per heavy atom. The Hall–Kier alpha value is -1.62. The van der Waals surface area contributed by atoms with Crippen LogP contribution in [-0.2, 0) is 11.2 Å². The van der Waals surface area contributed by atoms with Crippen LogP contribution in [0.25, 0.3) is 0 Å². The van der Waals surface area contributed by atoms with Crippen molar-refractivity contribution in [3.63, 3.8) is 0 Å². The second-order valence-corrected chi connectivity index (χ2v) is 3.92. The van der Waals surface area contributed by atoms with Gasteiger partial charge in [0.25, 0.3) is 0 Å². The molecule has 94 valence electrons. The zero-order valence-electron chi connectivity index (χ0n) is 10.1. The summed E-state index contributed by atoms with van der Waals surface area (Å²) in [5.41, 5.74) is 11.8. The second-order valence-electron chi connectivity index (χ2n) is 3.92. The van der Waals surface area contributed by atoms with Gasteiger partial charge in [-0.05, 0) is 18.6 Å². The van der Waals surface area contributed by atoms with Gasteiger partial charge in [0, 0.05) is 18.2 Å². The van der Waals surface area contributed by atoms with Crippen molar-refractivity contribution in [1.82, 2.24) is 4.98 Å². The summed E-state index contributed by atoms with van der Waals surface area (Å²) in [6, 6.07) is 3.85. The molecule has 1 rings (SSSR count). The van der Waals surface area contributed by atoms with E-state index in [4.69, 9.17) is 16.2 Å². The zero-order valence-corrected chi connectivity index (χ0v) is 10.1. The van der Waals surface area contributed by atoms with Crippen LogP contribution in [0.2, 0.25) is 0 Å². The molecule has 0 saturated heterocycles. The fourth-order valence-corrected chi connectivity index (χ4v) is 1.30. The van der Waals surface area contributed by atoms with Crippen LogP contribution in [0.4, 0.5) is 0 Å². The van der Waals surface area contributed by atoms with Crippen LogP contribution in [0.15, 0.2) is 18.3 Å². The number of primary amides is 1. The molecule has 1 amide bonds. The van der Waals surface area contributed by atoms with E-state index in [2.05, 4.69) is 4.98 Å². The third-order valence-electron chi connectivity index (χ3n) is 2.41. The lowest BCUT2D eigenvalue weighted by atomic mass is 10.1. The molecule has 0 radical (unpaired) electrons. The molecule has 4 N–H and O–H groups in total. The van der Waals surface area contributed by atoms with Crippen molar-refractivity contribution >= 4 is 5.91 Å². The molecule has 5 heteroatoms. The summed E-state index contributed by atoms with van der Waals surface area (Å²) < 4.78 is 5.31. The molecule has 0 bridgehead atoms. The van der Waals surface area contributed by atoms with Crippen LogP contribution in [0, 0.1) is 0 Å². The van der Waals surface area contributed by atoms with E-state index in [0.29, 0.717) is 5.75 Å². The highest BCUT2D eigenvalue weighted by Gasteiger charge is 2.03. The maximum absolute atomic E-state index is 10.5. The van der Waals surface area contributed by atoms with Gasteiger partial charge in [0.05, 0.1) is 19.2 Å². The number of carbonyl (C=O) groups is 1. The minimum atomic E-state index is -0.372. The van der Waals surface area contributed by atoms with E-state index < -0.39 is 0 Å². The monoisotopic (exact) mass is 237 g/mol. The maximum atomic E-state index is 10.5. The molecular formula is C12H19N3O2. The Bertz CT molecular complexity index is 351. The zero-order chi connectivity index (χ0) is 12.7. The third kappa shape index (κ3) is 5.31. The number of ether oxygens (including phenoxy) is 1. The van der Waals surface area contributed by atoms with Crippen LogP contribution in [-0.4, -0.2) is 23.5 Å². The highest BCUT2D eigenvalue weighted by molar-refractivity contribution is 5.73. The lowest BCUT2D eigenvalue weighted by molar-refractivity contribution is -0.118. The molecule has 1 unspecified atom stereocenters. The van der Waals surface area contributed by atoms with Crippen molar-refractivity contribution in [2.24, 2.45) is 11.5 Å². The van der Waals surface area contributed by atoms with Crippen molar-refractivity contribution in [3.8, 4) is 5.75 Å². The lowest BCUT2D eigenvalue weighted by Gasteiger charge is -2.09. The maximum Gasteiger partial charge on any atom is 0.220 e. The molecule has 0 aromatic carbocycles. The van der Waals surface area contributed by atoms with Gasteiger partial charge < -0.3 is 16.2 Å². The molecule has 0 aliphatic heterocycles. The lowest BCUT2D eigenvalue weighted by Crippen LogP contribution is -2.21. The first kappa shape index (κ1) is 13.4. The number of pyridine rings is 1. The van der Waals surface area contributed by atoms with Gasteiger partial charge in [-0.25, -0.2) is 0 Å². The van der Waals surface area contributed by atoms with Crippen LogP contribution >= 0.6 is 0 Å². The van der Waals surface area contributed by atoms with E-state index in [1.807, 2.05) is 19.1 Å². The molecule has 1 atom stereocenters. The van der Waals surface area contributed by atoms with Gasteiger partial charge in [0.2, 0.25) is 5.91 Å². The number of amides is 1. The summed E-state index contributed by atoms with van der Waals surface area (Å²) in [5.74, 6) is 0.267. The summed E-state index contributed by atoms with van der Waals surface area (Å²) in [4.78, 5) is 14.8. The Morgan fingerprint density at radius 2 is 2.29 bits per heavy atom. The molecule has 17 heavy (non-hydrogen) atoms. The number of nitrogens with zero attached hydrogens (tertiary/aromatic N) is 1. The van der Waals surface area contributed by atoms with Crippen molar-refractivity contribution in [1.29, 1.82) is 0 Å². The van der Waals surface area contributed by atoms with E-state index >= 15 is 0 Å². The number of hydrogen-bond acceptors (Lipinski definition) is 4. The van der Waals surface area contributed by atoms with Gasteiger partial charge in [-0.3, -0.25) is 9.78 Å². The van der Waals surface area contributed by atoms with E-state index in [9.17, 15) is 4.79 Å². The van der Waals surface area contributed by atoms with Crippen molar-refractivity contribution in [2.75, 3.05) is 6.61 Å². The summed E-state index contributed by atoms with van der Waals surface area (Å²) in [6.45, 7) is 2.33. The van der Waals surface area contributed by atoms with Gasteiger partial charge in [0.15, 0.2) is 0 Å². The van der Waals surface area contributed by atoms with E-state index in [-0.39, 0.29) is 25.0 Å². The molecule has 1 aromatic rings. The normalized spacial score (nSPS) is 12.1. The highest BCUT2D eigenvalue weighted by Crippen LogP contribution is 2.10. The second kappa shape index (κ2) is 6.85. The standard InChI is InChI=1S/C12H19N3O2/c1-2-9(13)7-10-3-4-11(8-15-10)17-6-5-12(14)16/h3-4,8-9H,2,5-7,13H2,1H3,(H2,14,16). The fourth-order valence-electron chi connectivity index (χ4n) is 1.30. The molecule has 0 fully saturated rings. The minimum absolute atomic E-state index is 0.143. The Morgan fingerprint density at radius 1 is 1.53 bits per heavy atom. The predicted molar refractivity (Wildman–Crippen MR) is 65.5 cm³/mol. The third-order valence-corrected chi connectivity index (χ3v) is 2.41. The molecule has 0 aliphatic carbocycles. The first-order chi connectivity index (χ1) is 8.11. The SMILES string of the molecule is CCC(N)Cc1ccc(OCCC(N)=O)cn1. The average molecular weight is 237 g/mol. The smallest absolute Gasteiger partial charge is 0.220 e. The van der Waals surface area contributed by atoms with E-state index in [1.54, 1.807) is 6.20 Å². The number of nitrogens with two attached hydrogens (primary N) is 2. The molecule has 1 heterocycles. The molecular weight excluding hydrogens is 218 g/mol. The van der Waals surface area contributed by atoms with E-state index in [0.717, 1.165) is 18.5 Å². The molecule has 5 nitrogen and oxygen atoms in total. The Labute approximate surface area is 101 Å². The van der Waals surface area contributed by atoms with Gasteiger partial charge in [-0.1, -0.05) is 6.92 Å². The van der Waals surface area contributed by atoms with Crippen molar-refractivity contribution < 1.29 is 9.53 Å². The Balaban J connectivity index is 2.42. The number of aromatic nitrogens is 1. The summed E-state index contributed by atoms with van der Waals surface area (Å²) in [5, 5.41) is 0. The number of hydrogen-bond donors (Lipinski definition) is 2. The first-order valence-corrected chi connectivity index (χ1v) is 5.73. The predicted octanol–water partition coefficient (Wildman–Crippen LogP) is 0.616. The number of carbonyl (C=O) groups excluding carboxylic acids is 1. The Kier molecular flexibility index (Phi) is 5.42. The van der Waals surface area contributed by atoms with Crippen molar-refractivity contribution in [2.45, 2.75) is 32.2 Å². The molecule has 0 saturated carbocycles. The largest absolute Gasteiger partial charge is 0.491 e. The molecule has 1 aromatic heterocycles. The summed E-state index contributed by atoms with van der Waals surface area (Å²) >= 11 is 0. The van der Waals surface area contributed by atoms with Crippen LogP contribution in [0.5, 0.6) is 5.75 Å². The topological polar surface area (TPSA) is 91.2 Å². The molecule has 0 spiro atoms.